The predicted octanol–water partition coefficient (Wildman–Crippen LogP) is 3.50. The highest BCUT2D eigenvalue weighted by atomic mass is 16.5. The minimum Gasteiger partial charge on any atom is -0.495 e. The van der Waals surface area contributed by atoms with Gasteiger partial charge in [-0.25, -0.2) is 4.99 Å². The summed E-state index contributed by atoms with van der Waals surface area (Å²) in [5, 5.41) is 0. The van der Waals surface area contributed by atoms with Crippen LogP contribution < -0.4 is 0 Å². The van der Waals surface area contributed by atoms with Crippen LogP contribution in [0.25, 0.3) is 0 Å². The molecule has 5 nitrogen and oxygen atoms in total. The van der Waals surface area contributed by atoms with Crippen LogP contribution in [0.15, 0.2) is 76.1 Å². The average molecular weight is 307 g/mol. The van der Waals surface area contributed by atoms with Crippen LogP contribution in [0.3, 0.4) is 0 Å². The number of allylic oxidation sites excluding steroid dienone is 3. The van der Waals surface area contributed by atoms with E-state index in [1.54, 1.807) is 49.1 Å². The Bertz CT molecular complexity index is 698. The van der Waals surface area contributed by atoms with Gasteiger partial charge in [-0.05, 0) is 18.2 Å². The Morgan fingerprint density at radius 3 is 2.83 bits per heavy atom. The second-order valence-electron chi connectivity index (χ2n) is 4.46. The summed E-state index contributed by atoms with van der Waals surface area (Å²) in [4.78, 5) is 24.2. The van der Waals surface area contributed by atoms with Crippen LogP contribution in [0.4, 0.5) is 0 Å². The number of amides is 1. The number of aliphatic imine (C=N–C) groups is 3. The molecule has 23 heavy (non-hydrogen) atoms. The molecular formula is C18H17N3O2. The van der Waals surface area contributed by atoms with Crippen LogP contribution in [0.5, 0.6) is 0 Å². The summed E-state index contributed by atoms with van der Waals surface area (Å²) in [6.45, 7) is 0.281. The van der Waals surface area contributed by atoms with E-state index in [0.717, 1.165) is 5.56 Å². The normalized spacial score (nSPS) is 21.3. The highest BCUT2D eigenvalue weighted by Crippen LogP contribution is 2.11. The summed E-state index contributed by atoms with van der Waals surface area (Å²) in [6, 6.07) is 7.24. The first-order chi connectivity index (χ1) is 11.4. The molecule has 0 bridgehead atoms. The second kappa shape index (κ2) is 9.78. The first-order valence-electron chi connectivity index (χ1n) is 7.16. The number of nitrogens with zero attached hydrogens (tertiary/aromatic N) is 3. The maximum atomic E-state index is 12.1. The number of carbonyl (C=O) groups is 1. The molecule has 5 heteroatoms. The van der Waals surface area contributed by atoms with E-state index in [-0.39, 0.29) is 12.5 Å². The molecule has 1 aromatic carbocycles. The van der Waals surface area contributed by atoms with Gasteiger partial charge in [0.1, 0.15) is 12.9 Å². The zero-order valence-corrected chi connectivity index (χ0v) is 12.6. The molecule has 0 aromatic heterocycles. The van der Waals surface area contributed by atoms with E-state index in [1.165, 1.54) is 12.5 Å². The lowest BCUT2D eigenvalue weighted by Crippen LogP contribution is -2.02. The quantitative estimate of drug-likeness (QED) is 0.736. The van der Waals surface area contributed by atoms with E-state index in [0.29, 0.717) is 12.0 Å². The molecule has 1 amide bonds. The van der Waals surface area contributed by atoms with E-state index >= 15 is 0 Å². The van der Waals surface area contributed by atoms with E-state index in [1.807, 2.05) is 18.2 Å². The fourth-order valence-electron chi connectivity index (χ4n) is 1.76. The van der Waals surface area contributed by atoms with Crippen molar-refractivity contribution in [1.29, 1.82) is 0 Å². The van der Waals surface area contributed by atoms with Gasteiger partial charge in [0.2, 0.25) is 0 Å². The van der Waals surface area contributed by atoms with Gasteiger partial charge in [-0.15, -0.1) is 0 Å². The summed E-state index contributed by atoms with van der Waals surface area (Å²) in [5.74, 6) is -0.292. The first-order valence-corrected chi connectivity index (χ1v) is 7.16. The zero-order chi connectivity index (χ0) is 16.2. The Balaban J connectivity index is 2.18. The van der Waals surface area contributed by atoms with Gasteiger partial charge in [0, 0.05) is 42.4 Å². The number of rotatable bonds is 0. The van der Waals surface area contributed by atoms with Crippen molar-refractivity contribution in [2.45, 2.75) is 13.0 Å². The summed E-state index contributed by atoms with van der Waals surface area (Å²) in [7, 11) is 0. The van der Waals surface area contributed by atoms with Gasteiger partial charge in [-0.1, -0.05) is 24.3 Å². The maximum Gasteiger partial charge on any atom is 0.277 e. The Labute approximate surface area is 135 Å². The lowest BCUT2D eigenvalue weighted by Gasteiger charge is -2.05. The molecule has 0 N–H and O–H groups in total. The van der Waals surface area contributed by atoms with E-state index in [2.05, 4.69) is 15.0 Å². The number of hydrogen-bond acceptors (Lipinski definition) is 4. The third-order valence-corrected chi connectivity index (χ3v) is 2.82. The van der Waals surface area contributed by atoms with Crippen LogP contribution in [-0.2, 0) is 11.3 Å². The summed E-state index contributed by atoms with van der Waals surface area (Å²) < 4.78 is 5.40. The molecule has 1 aromatic rings. The van der Waals surface area contributed by atoms with Crippen molar-refractivity contribution in [3.63, 3.8) is 0 Å². The molecule has 116 valence electrons. The molecule has 1 aliphatic heterocycles. The number of fused-ring (bicyclic) bond motifs is 1. The van der Waals surface area contributed by atoms with Crippen LogP contribution in [0.2, 0.25) is 0 Å². The highest BCUT2D eigenvalue weighted by molar-refractivity contribution is 6.01. The standard InChI is InChI=1S/C18H17N3O2/c22-18-17-8-3-2-7-16(17)15-23-14-13-20-10-5-1-4-9-19-11-6-12-21-18/h1-5,7-14H,6,15H2/b5-1-,9-4-,14-13-,19-11?,20-10+,21-12?. The molecule has 2 rings (SSSR count). The molecule has 0 aliphatic carbocycles. The van der Waals surface area contributed by atoms with Gasteiger partial charge in [-0.3, -0.25) is 14.8 Å². The van der Waals surface area contributed by atoms with Gasteiger partial charge >= 0.3 is 0 Å². The Kier molecular flexibility index (Phi) is 6.93. The molecular weight excluding hydrogens is 290 g/mol. The first kappa shape index (κ1) is 16.3. The third-order valence-electron chi connectivity index (χ3n) is 2.82. The Hall–Kier alpha value is -3.08. The number of ether oxygens (including phenoxy) is 1. The van der Waals surface area contributed by atoms with E-state index < -0.39 is 0 Å². The summed E-state index contributed by atoms with van der Waals surface area (Å²) in [6.07, 6.45) is 15.4. The van der Waals surface area contributed by atoms with Crippen molar-refractivity contribution in [2.75, 3.05) is 0 Å². The number of hydrogen-bond donors (Lipinski definition) is 0. The zero-order valence-electron chi connectivity index (χ0n) is 12.6. The van der Waals surface area contributed by atoms with Gasteiger partial charge in [0.05, 0.1) is 6.20 Å². The molecule has 0 saturated heterocycles. The highest BCUT2D eigenvalue weighted by Gasteiger charge is 2.08. The largest absolute Gasteiger partial charge is 0.495 e. The predicted molar refractivity (Wildman–Crippen MR) is 93.1 cm³/mol. The number of carbonyl (C=O) groups excluding carboxylic acids is 1. The molecule has 0 saturated carbocycles. The van der Waals surface area contributed by atoms with Crippen LogP contribution >= 0.6 is 0 Å². The summed E-state index contributed by atoms with van der Waals surface area (Å²) >= 11 is 0. The van der Waals surface area contributed by atoms with Crippen molar-refractivity contribution in [3.05, 3.63) is 72.3 Å². The third kappa shape index (κ3) is 6.05. The lowest BCUT2D eigenvalue weighted by molar-refractivity contribution is 0.1000. The van der Waals surface area contributed by atoms with Crippen molar-refractivity contribution in [3.8, 4) is 0 Å². The Morgan fingerprint density at radius 1 is 0.957 bits per heavy atom. The van der Waals surface area contributed by atoms with Gasteiger partial charge in [0.15, 0.2) is 0 Å². The van der Waals surface area contributed by atoms with Gasteiger partial charge in [-0.2, -0.15) is 0 Å². The van der Waals surface area contributed by atoms with Crippen molar-refractivity contribution in [1.82, 2.24) is 0 Å². The molecule has 0 radical (unpaired) electrons. The van der Waals surface area contributed by atoms with E-state index in [4.69, 9.17) is 4.74 Å². The molecule has 1 aliphatic rings. The monoisotopic (exact) mass is 307 g/mol. The van der Waals surface area contributed by atoms with Crippen LogP contribution in [0.1, 0.15) is 22.3 Å². The minimum absolute atomic E-state index is 0.281. The van der Waals surface area contributed by atoms with Gasteiger partial charge in [0.25, 0.3) is 5.91 Å². The minimum atomic E-state index is -0.292. The van der Waals surface area contributed by atoms with Crippen molar-refractivity contribution < 1.29 is 9.53 Å². The summed E-state index contributed by atoms with van der Waals surface area (Å²) in [5.41, 5.74) is 1.31. The fraction of sp³-hybridized carbons (Fsp3) is 0.111. The maximum absolute atomic E-state index is 12.1. The molecule has 1 heterocycles. The number of benzene rings is 1. The average Bonchev–Trinajstić information content (AvgIpc) is 2.57. The molecule has 0 fully saturated rings. The Morgan fingerprint density at radius 2 is 1.87 bits per heavy atom. The van der Waals surface area contributed by atoms with Crippen LogP contribution in [-0.4, -0.2) is 24.6 Å². The van der Waals surface area contributed by atoms with Crippen LogP contribution in [0, 0.1) is 0 Å². The lowest BCUT2D eigenvalue weighted by atomic mass is 10.1. The molecule has 0 unspecified atom stereocenters. The topological polar surface area (TPSA) is 63.4 Å². The molecule has 0 spiro atoms. The van der Waals surface area contributed by atoms with Gasteiger partial charge < -0.3 is 4.74 Å². The van der Waals surface area contributed by atoms with Crippen molar-refractivity contribution >= 4 is 24.6 Å². The van der Waals surface area contributed by atoms with Crippen molar-refractivity contribution in [2.24, 2.45) is 15.0 Å². The SMILES string of the molecule is O=C1N=CCC=N\C=C/C=C\C=N\C=C/OCc2ccccc21. The fourth-order valence-corrected chi connectivity index (χ4v) is 1.76. The van der Waals surface area contributed by atoms with E-state index in [9.17, 15) is 4.79 Å². The smallest absolute Gasteiger partial charge is 0.277 e. The second-order valence-corrected chi connectivity index (χ2v) is 4.46. The molecule has 0 atom stereocenters.